The lowest BCUT2D eigenvalue weighted by atomic mass is 10.4. The van der Waals surface area contributed by atoms with Crippen LogP contribution in [0.2, 0.25) is 0 Å². The maximum absolute atomic E-state index is 11.1. The number of carbonyl (C=O) groups is 1. The number of carbonyl (C=O) groups excluding carboxylic acids is 1. The molecule has 1 aromatic rings. The van der Waals surface area contributed by atoms with Gasteiger partial charge in [0, 0.05) is 27.1 Å². The first-order chi connectivity index (χ1) is 6.59. The Balaban J connectivity index is 2.25. The van der Waals surface area contributed by atoms with E-state index in [9.17, 15) is 4.79 Å². The van der Waals surface area contributed by atoms with Gasteiger partial charge in [-0.2, -0.15) is 0 Å². The SMILES string of the molecule is CN(C)C(=O)CCNc1nnc(N)o1. The highest BCUT2D eigenvalue weighted by Crippen LogP contribution is 2.05. The quantitative estimate of drug-likeness (QED) is 0.681. The van der Waals surface area contributed by atoms with Crippen LogP contribution in [0, 0.1) is 0 Å². The molecule has 3 N–H and O–H groups in total. The highest BCUT2D eigenvalue weighted by atomic mass is 16.4. The lowest BCUT2D eigenvalue weighted by molar-refractivity contribution is -0.128. The summed E-state index contributed by atoms with van der Waals surface area (Å²) in [5, 5.41) is 9.82. The van der Waals surface area contributed by atoms with E-state index >= 15 is 0 Å². The number of hydrogen-bond donors (Lipinski definition) is 2. The van der Waals surface area contributed by atoms with E-state index in [0.29, 0.717) is 13.0 Å². The van der Waals surface area contributed by atoms with E-state index in [1.807, 2.05) is 0 Å². The van der Waals surface area contributed by atoms with Crippen LogP contribution in [0.5, 0.6) is 0 Å². The number of amides is 1. The van der Waals surface area contributed by atoms with Crippen LogP contribution in [-0.2, 0) is 4.79 Å². The molecule has 0 saturated heterocycles. The smallest absolute Gasteiger partial charge is 0.316 e. The largest absolute Gasteiger partial charge is 0.390 e. The van der Waals surface area contributed by atoms with Gasteiger partial charge in [0.15, 0.2) is 0 Å². The average Bonchev–Trinajstić information content (AvgIpc) is 2.51. The molecular weight excluding hydrogens is 186 g/mol. The molecule has 0 aliphatic carbocycles. The molecular formula is C7H13N5O2. The van der Waals surface area contributed by atoms with Gasteiger partial charge in [-0.3, -0.25) is 4.79 Å². The Morgan fingerprint density at radius 3 is 2.79 bits per heavy atom. The molecule has 14 heavy (non-hydrogen) atoms. The lowest BCUT2D eigenvalue weighted by Gasteiger charge is -2.09. The first kappa shape index (κ1) is 10.3. The van der Waals surface area contributed by atoms with Crippen molar-refractivity contribution in [1.82, 2.24) is 15.1 Å². The summed E-state index contributed by atoms with van der Waals surface area (Å²) in [5.41, 5.74) is 5.20. The molecule has 0 radical (unpaired) electrons. The summed E-state index contributed by atoms with van der Waals surface area (Å²) in [7, 11) is 3.40. The summed E-state index contributed by atoms with van der Waals surface area (Å²) < 4.78 is 4.85. The zero-order valence-electron chi connectivity index (χ0n) is 8.15. The van der Waals surface area contributed by atoms with Gasteiger partial charge < -0.3 is 20.4 Å². The second kappa shape index (κ2) is 4.45. The monoisotopic (exact) mass is 199 g/mol. The van der Waals surface area contributed by atoms with Crippen LogP contribution in [-0.4, -0.2) is 41.6 Å². The van der Waals surface area contributed by atoms with Crippen molar-refractivity contribution in [2.24, 2.45) is 0 Å². The summed E-state index contributed by atoms with van der Waals surface area (Å²) in [6.07, 6.45) is 0.370. The minimum Gasteiger partial charge on any atom is -0.390 e. The zero-order valence-corrected chi connectivity index (χ0v) is 8.15. The predicted octanol–water partition coefficient (Wildman–Crippen LogP) is -0.458. The van der Waals surface area contributed by atoms with Gasteiger partial charge in [0.25, 0.3) is 0 Å². The van der Waals surface area contributed by atoms with Gasteiger partial charge in [0.2, 0.25) is 5.91 Å². The fraction of sp³-hybridized carbons (Fsp3) is 0.571. The van der Waals surface area contributed by atoms with E-state index in [2.05, 4.69) is 15.5 Å². The predicted molar refractivity (Wildman–Crippen MR) is 50.5 cm³/mol. The fourth-order valence-electron chi connectivity index (χ4n) is 0.806. The zero-order chi connectivity index (χ0) is 10.6. The molecule has 0 aliphatic rings. The second-order valence-corrected chi connectivity index (χ2v) is 2.91. The summed E-state index contributed by atoms with van der Waals surface area (Å²) in [5.74, 6) is 0.0324. The number of hydrogen-bond acceptors (Lipinski definition) is 6. The molecule has 1 rings (SSSR count). The summed E-state index contributed by atoms with van der Waals surface area (Å²) in [4.78, 5) is 12.7. The van der Waals surface area contributed by atoms with Crippen LogP contribution in [0.15, 0.2) is 4.42 Å². The highest BCUT2D eigenvalue weighted by molar-refractivity contribution is 5.75. The number of rotatable bonds is 4. The molecule has 0 aliphatic heterocycles. The van der Waals surface area contributed by atoms with E-state index in [0.717, 1.165) is 0 Å². The molecule has 0 fully saturated rings. The third kappa shape index (κ3) is 2.92. The number of anilines is 2. The van der Waals surface area contributed by atoms with Crippen molar-refractivity contribution in [2.75, 3.05) is 31.7 Å². The molecule has 78 valence electrons. The van der Waals surface area contributed by atoms with Crippen molar-refractivity contribution < 1.29 is 9.21 Å². The van der Waals surface area contributed by atoms with Crippen LogP contribution >= 0.6 is 0 Å². The summed E-state index contributed by atoms with van der Waals surface area (Å²) in [6.45, 7) is 0.443. The molecule has 0 atom stereocenters. The molecule has 7 heteroatoms. The Kier molecular flexibility index (Phi) is 3.27. The van der Waals surface area contributed by atoms with Gasteiger partial charge in [-0.15, -0.1) is 0 Å². The maximum Gasteiger partial charge on any atom is 0.316 e. The van der Waals surface area contributed by atoms with Gasteiger partial charge in [-0.05, 0) is 0 Å². The van der Waals surface area contributed by atoms with Crippen molar-refractivity contribution in [3.63, 3.8) is 0 Å². The first-order valence-electron chi connectivity index (χ1n) is 4.12. The van der Waals surface area contributed by atoms with E-state index in [4.69, 9.17) is 10.2 Å². The third-order valence-electron chi connectivity index (χ3n) is 1.55. The Bertz CT molecular complexity index is 309. The van der Waals surface area contributed by atoms with Gasteiger partial charge in [0.1, 0.15) is 0 Å². The molecule has 0 unspecified atom stereocenters. The lowest BCUT2D eigenvalue weighted by Crippen LogP contribution is -2.23. The number of nitrogens with two attached hydrogens (primary N) is 1. The fourth-order valence-corrected chi connectivity index (χ4v) is 0.806. The number of nitrogen functional groups attached to an aromatic ring is 1. The van der Waals surface area contributed by atoms with E-state index < -0.39 is 0 Å². The van der Waals surface area contributed by atoms with Crippen LogP contribution in [0.4, 0.5) is 12.0 Å². The first-order valence-corrected chi connectivity index (χ1v) is 4.12. The molecule has 0 bridgehead atoms. The molecule has 7 nitrogen and oxygen atoms in total. The molecule has 0 saturated carbocycles. The van der Waals surface area contributed by atoms with Crippen molar-refractivity contribution in [3.8, 4) is 0 Å². The Hall–Kier alpha value is -1.79. The number of aromatic nitrogens is 2. The highest BCUT2D eigenvalue weighted by Gasteiger charge is 2.05. The second-order valence-electron chi connectivity index (χ2n) is 2.91. The van der Waals surface area contributed by atoms with Gasteiger partial charge in [-0.25, -0.2) is 0 Å². The number of nitrogens with zero attached hydrogens (tertiary/aromatic N) is 3. The van der Waals surface area contributed by atoms with Crippen LogP contribution in [0.1, 0.15) is 6.42 Å². The molecule has 1 aromatic heterocycles. The van der Waals surface area contributed by atoms with E-state index in [1.165, 1.54) is 4.90 Å². The Labute approximate surface area is 81.3 Å². The number of nitrogens with one attached hydrogen (secondary N) is 1. The van der Waals surface area contributed by atoms with E-state index in [1.54, 1.807) is 14.1 Å². The standard InChI is InChI=1S/C7H13N5O2/c1-12(2)5(13)3-4-9-7-11-10-6(8)14-7/h3-4H2,1-2H3,(H2,8,10)(H,9,11). The van der Waals surface area contributed by atoms with Gasteiger partial charge in [0.05, 0.1) is 0 Å². The van der Waals surface area contributed by atoms with E-state index in [-0.39, 0.29) is 17.9 Å². The van der Waals surface area contributed by atoms with Crippen molar-refractivity contribution in [1.29, 1.82) is 0 Å². The van der Waals surface area contributed by atoms with Crippen LogP contribution in [0.25, 0.3) is 0 Å². The molecule has 1 amide bonds. The summed E-state index contributed by atoms with van der Waals surface area (Å²) in [6, 6.07) is 0.237. The maximum atomic E-state index is 11.1. The Morgan fingerprint density at radius 1 is 1.57 bits per heavy atom. The van der Waals surface area contributed by atoms with Crippen LogP contribution < -0.4 is 11.1 Å². The average molecular weight is 199 g/mol. The molecule has 0 aromatic carbocycles. The minimum atomic E-state index is 0.00596. The summed E-state index contributed by atoms with van der Waals surface area (Å²) >= 11 is 0. The topological polar surface area (TPSA) is 97.3 Å². The van der Waals surface area contributed by atoms with Crippen LogP contribution in [0.3, 0.4) is 0 Å². The Morgan fingerprint density at radius 2 is 2.29 bits per heavy atom. The normalized spacial score (nSPS) is 9.86. The molecule has 0 spiro atoms. The van der Waals surface area contributed by atoms with Gasteiger partial charge in [-0.1, -0.05) is 10.2 Å². The van der Waals surface area contributed by atoms with Gasteiger partial charge >= 0.3 is 12.0 Å². The third-order valence-corrected chi connectivity index (χ3v) is 1.55. The molecule has 1 heterocycles. The van der Waals surface area contributed by atoms with Crippen molar-refractivity contribution in [2.45, 2.75) is 6.42 Å². The minimum absolute atomic E-state index is 0.00596. The van der Waals surface area contributed by atoms with Crippen molar-refractivity contribution in [3.05, 3.63) is 0 Å². The van der Waals surface area contributed by atoms with Crippen molar-refractivity contribution >= 4 is 17.9 Å².